The van der Waals surface area contributed by atoms with Crippen molar-refractivity contribution in [2.75, 3.05) is 0 Å². The number of hydrogen-bond acceptors (Lipinski definition) is 2. The van der Waals surface area contributed by atoms with E-state index in [4.69, 9.17) is 5.26 Å². The van der Waals surface area contributed by atoms with Crippen molar-refractivity contribution in [3.63, 3.8) is 0 Å². The molecular formula is C8H8N2. The smallest absolute Gasteiger partial charge is 0.190 e. The Morgan fingerprint density at radius 2 is 2.50 bits per heavy atom. The van der Waals surface area contributed by atoms with Crippen LogP contribution >= 0.6 is 0 Å². The van der Waals surface area contributed by atoms with Gasteiger partial charge in [-0.15, -0.1) is 5.92 Å². The third-order valence-corrected chi connectivity index (χ3v) is 1.40. The van der Waals surface area contributed by atoms with E-state index >= 15 is 0 Å². The second kappa shape index (κ2) is 2.45. The van der Waals surface area contributed by atoms with E-state index in [1.54, 1.807) is 13.1 Å². The fraction of sp³-hybridized carbons (Fsp3) is 0.375. The maximum Gasteiger partial charge on any atom is 0.190 e. The maximum atomic E-state index is 8.69. The Hall–Kier alpha value is -1.41. The highest BCUT2D eigenvalue weighted by Gasteiger charge is 2.27. The van der Waals surface area contributed by atoms with Crippen LogP contribution in [-0.4, -0.2) is 5.54 Å². The van der Waals surface area contributed by atoms with Gasteiger partial charge in [-0.05, 0) is 13.1 Å². The predicted molar refractivity (Wildman–Crippen MR) is 38.7 cm³/mol. The summed E-state index contributed by atoms with van der Waals surface area (Å²) in [7, 11) is 0. The molecule has 0 aromatic heterocycles. The van der Waals surface area contributed by atoms with E-state index in [1.165, 1.54) is 0 Å². The largest absolute Gasteiger partial charge is 0.364 e. The monoisotopic (exact) mass is 132 g/mol. The molecule has 0 saturated heterocycles. The number of nitrogens with zero attached hydrogens (tertiary/aromatic N) is 1. The van der Waals surface area contributed by atoms with Gasteiger partial charge in [-0.1, -0.05) is 12.0 Å². The highest BCUT2D eigenvalue weighted by atomic mass is 15.0. The fourth-order valence-electron chi connectivity index (χ4n) is 0.902. The van der Waals surface area contributed by atoms with Crippen molar-refractivity contribution in [1.82, 2.24) is 5.32 Å². The summed E-state index contributed by atoms with van der Waals surface area (Å²) < 4.78 is 0. The molecule has 0 saturated carbocycles. The highest BCUT2D eigenvalue weighted by molar-refractivity contribution is 5.33. The first-order chi connectivity index (χ1) is 4.83. The maximum absolute atomic E-state index is 8.69. The van der Waals surface area contributed by atoms with Gasteiger partial charge in [-0.3, -0.25) is 0 Å². The third-order valence-electron chi connectivity index (χ3n) is 1.40. The van der Waals surface area contributed by atoms with Gasteiger partial charge >= 0.3 is 0 Å². The fourth-order valence-corrected chi connectivity index (χ4v) is 0.902. The zero-order chi connectivity index (χ0) is 7.45. The van der Waals surface area contributed by atoms with Crippen molar-refractivity contribution < 1.29 is 0 Å². The molecule has 1 N–H and O–H groups in total. The van der Waals surface area contributed by atoms with Crippen LogP contribution in [0.4, 0.5) is 0 Å². The van der Waals surface area contributed by atoms with Crippen molar-refractivity contribution in [3.05, 3.63) is 12.3 Å². The van der Waals surface area contributed by atoms with E-state index < -0.39 is 5.54 Å². The summed E-state index contributed by atoms with van der Waals surface area (Å²) in [6.45, 7) is 1.74. The molecular weight excluding hydrogens is 124 g/mol. The second-order valence-electron chi connectivity index (χ2n) is 2.14. The van der Waals surface area contributed by atoms with Gasteiger partial charge in [0.1, 0.15) is 6.07 Å². The number of hydrogen-bond donors (Lipinski definition) is 1. The molecule has 0 aliphatic carbocycles. The molecule has 0 amide bonds. The van der Waals surface area contributed by atoms with Crippen molar-refractivity contribution in [2.45, 2.75) is 18.9 Å². The van der Waals surface area contributed by atoms with Crippen LogP contribution in [0.2, 0.25) is 0 Å². The first-order valence-corrected chi connectivity index (χ1v) is 3.11. The molecule has 50 valence electrons. The van der Waals surface area contributed by atoms with E-state index in [0.29, 0.717) is 6.42 Å². The van der Waals surface area contributed by atoms with Crippen LogP contribution in [0.5, 0.6) is 0 Å². The molecule has 0 fully saturated rings. The number of nitriles is 1. The average Bonchev–Trinajstić information content (AvgIpc) is 2.39. The van der Waals surface area contributed by atoms with Gasteiger partial charge in [0.2, 0.25) is 0 Å². The number of nitrogens with one attached hydrogen (secondary N) is 1. The van der Waals surface area contributed by atoms with Crippen molar-refractivity contribution >= 4 is 0 Å². The van der Waals surface area contributed by atoms with E-state index in [9.17, 15) is 0 Å². The molecule has 10 heavy (non-hydrogen) atoms. The van der Waals surface area contributed by atoms with Gasteiger partial charge in [0.25, 0.3) is 0 Å². The summed E-state index contributed by atoms with van der Waals surface area (Å²) in [5.41, 5.74) is -0.630. The summed E-state index contributed by atoms with van der Waals surface area (Å²) in [6, 6.07) is 2.13. The Morgan fingerprint density at radius 3 is 2.90 bits per heavy atom. The Balaban J connectivity index is 2.80. The molecule has 1 atom stereocenters. The van der Waals surface area contributed by atoms with E-state index in [0.717, 1.165) is 0 Å². The summed E-state index contributed by atoms with van der Waals surface area (Å²) in [4.78, 5) is 0. The first-order valence-electron chi connectivity index (χ1n) is 3.11. The Bertz CT molecular complexity index is 239. The minimum absolute atomic E-state index is 0.630. The van der Waals surface area contributed by atoms with Gasteiger partial charge in [0.05, 0.1) is 0 Å². The van der Waals surface area contributed by atoms with Crippen LogP contribution in [0, 0.1) is 23.2 Å². The lowest BCUT2D eigenvalue weighted by Crippen LogP contribution is -2.34. The minimum atomic E-state index is -0.630. The SMILES string of the molecule is CC#CC1(C#N)CC=CN1. The molecule has 1 heterocycles. The van der Waals surface area contributed by atoms with Crippen LogP contribution in [0.25, 0.3) is 0 Å². The molecule has 0 bridgehead atoms. The molecule has 1 rings (SSSR count). The Labute approximate surface area is 60.5 Å². The number of rotatable bonds is 0. The lowest BCUT2D eigenvalue weighted by Gasteiger charge is -2.12. The van der Waals surface area contributed by atoms with Crippen LogP contribution in [0.1, 0.15) is 13.3 Å². The molecule has 2 nitrogen and oxygen atoms in total. The molecule has 0 radical (unpaired) electrons. The summed E-state index contributed by atoms with van der Waals surface area (Å²) in [5.74, 6) is 5.55. The van der Waals surface area contributed by atoms with Gasteiger partial charge in [-0.2, -0.15) is 5.26 Å². The molecule has 0 aromatic carbocycles. The van der Waals surface area contributed by atoms with Crippen molar-refractivity contribution in [3.8, 4) is 17.9 Å². The molecule has 0 spiro atoms. The minimum Gasteiger partial charge on any atom is -0.364 e. The molecule has 1 unspecified atom stereocenters. The first kappa shape index (κ1) is 6.71. The molecule has 2 heteroatoms. The van der Waals surface area contributed by atoms with Crippen molar-refractivity contribution in [2.24, 2.45) is 0 Å². The standard InChI is InChI=1S/C8H8N2/c1-2-4-8(7-9)5-3-6-10-8/h3,6,10H,5H2,1H3. The van der Waals surface area contributed by atoms with E-state index in [1.807, 2.05) is 6.08 Å². The van der Waals surface area contributed by atoms with Gasteiger partial charge in [-0.25, -0.2) is 0 Å². The van der Waals surface area contributed by atoms with Crippen molar-refractivity contribution in [1.29, 1.82) is 5.26 Å². The Kier molecular flexibility index (Phi) is 1.65. The van der Waals surface area contributed by atoms with Crippen LogP contribution in [-0.2, 0) is 0 Å². The molecule has 1 aliphatic heterocycles. The molecule has 0 aromatic rings. The van der Waals surface area contributed by atoms with Crippen LogP contribution in [0.3, 0.4) is 0 Å². The second-order valence-corrected chi connectivity index (χ2v) is 2.14. The van der Waals surface area contributed by atoms with Crippen LogP contribution in [0.15, 0.2) is 12.3 Å². The van der Waals surface area contributed by atoms with E-state index in [2.05, 4.69) is 23.2 Å². The average molecular weight is 132 g/mol. The lowest BCUT2D eigenvalue weighted by atomic mass is 10.0. The lowest BCUT2D eigenvalue weighted by molar-refractivity contribution is 0.641. The van der Waals surface area contributed by atoms with Gasteiger partial charge < -0.3 is 5.32 Å². The Morgan fingerprint density at radius 1 is 1.70 bits per heavy atom. The summed E-state index contributed by atoms with van der Waals surface area (Å²) in [6.07, 6.45) is 4.37. The van der Waals surface area contributed by atoms with Gasteiger partial charge in [0, 0.05) is 6.42 Å². The third kappa shape index (κ3) is 0.967. The normalized spacial score (nSPS) is 28.0. The quantitative estimate of drug-likeness (QED) is 0.494. The van der Waals surface area contributed by atoms with E-state index in [-0.39, 0.29) is 0 Å². The summed E-state index contributed by atoms with van der Waals surface area (Å²) in [5, 5.41) is 11.6. The zero-order valence-corrected chi connectivity index (χ0v) is 5.81. The zero-order valence-electron chi connectivity index (χ0n) is 5.81. The molecule has 1 aliphatic rings. The predicted octanol–water partition coefficient (Wildman–Crippen LogP) is 0.779. The topological polar surface area (TPSA) is 35.8 Å². The summed E-state index contributed by atoms with van der Waals surface area (Å²) >= 11 is 0. The van der Waals surface area contributed by atoms with Gasteiger partial charge in [0.15, 0.2) is 5.54 Å². The van der Waals surface area contributed by atoms with Crippen LogP contribution < -0.4 is 5.32 Å². The highest BCUT2D eigenvalue weighted by Crippen LogP contribution is 2.13.